The van der Waals surface area contributed by atoms with Crippen LogP contribution in [0.2, 0.25) is 10.2 Å². The Kier molecular flexibility index (Phi) is 4.82. The van der Waals surface area contributed by atoms with E-state index >= 15 is 0 Å². The second kappa shape index (κ2) is 6.27. The Morgan fingerprint density at radius 3 is 2.71 bits per heavy atom. The predicted molar refractivity (Wildman–Crippen MR) is 83.1 cm³/mol. The highest BCUT2D eigenvalue weighted by Crippen LogP contribution is 2.28. The van der Waals surface area contributed by atoms with Crippen LogP contribution in [0.15, 0.2) is 34.2 Å². The summed E-state index contributed by atoms with van der Waals surface area (Å²) in [5, 5.41) is 0.342. The zero-order valence-electron chi connectivity index (χ0n) is 10.5. The Bertz CT molecular complexity index is 784. The van der Waals surface area contributed by atoms with Gasteiger partial charge in [-0.05, 0) is 18.2 Å². The maximum Gasteiger partial charge on any atom is 0.264 e. The number of methoxy groups -OCH3 is 1. The third-order valence-corrected chi connectivity index (χ3v) is 4.68. The molecule has 1 heterocycles. The van der Waals surface area contributed by atoms with E-state index in [-0.39, 0.29) is 31.7 Å². The van der Waals surface area contributed by atoms with Crippen molar-refractivity contribution in [2.75, 3.05) is 11.8 Å². The normalized spacial score (nSPS) is 11.2. The van der Waals surface area contributed by atoms with Gasteiger partial charge in [0.15, 0.2) is 5.15 Å². The summed E-state index contributed by atoms with van der Waals surface area (Å²) in [5.41, 5.74) is 0. The fraction of sp³-hybridized carbons (Fsp3) is 0.0909. The van der Waals surface area contributed by atoms with Gasteiger partial charge in [-0.3, -0.25) is 4.72 Å². The minimum atomic E-state index is -3.95. The van der Waals surface area contributed by atoms with E-state index in [1.165, 1.54) is 31.5 Å². The van der Waals surface area contributed by atoms with Crippen LogP contribution in [-0.2, 0) is 10.0 Å². The van der Waals surface area contributed by atoms with Gasteiger partial charge < -0.3 is 4.74 Å². The highest BCUT2D eigenvalue weighted by Gasteiger charge is 2.21. The summed E-state index contributed by atoms with van der Waals surface area (Å²) in [6, 6.07) is 4.29. The van der Waals surface area contributed by atoms with Gasteiger partial charge in [0, 0.05) is 9.92 Å². The van der Waals surface area contributed by atoms with Crippen LogP contribution in [0.3, 0.4) is 0 Å². The summed E-state index contributed by atoms with van der Waals surface area (Å²) >= 11 is 15.6. The molecule has 0 unspecified atom stereocenters. The number of aromatic nitrogens is 2. The van der Waals surface area contributed by atoms with Crippen LogP contribution in [0.1, 0.15) is 0 Å². The SMILES string of the molecule is COc1nc(Cl)cnc1NS(=O)(=O)c1cc(Cl)ccc1S. The lowest BCUT2D eigenvalue weighted by Crippen LogP contribution is -2.15. The molecule has 1 aromatic heterocycles. The van der Waals surface area contributed by atoms with Crippen LogP contribution in [0.5, 0.6) is 5.88 Å². The van der Waals surface area contributed by atoms with E-state index in [1.807, 2.05) is 0 Å². The average Bonchev–Trinajstić information content (AvgIpc) is 2.43. The molecule has 0 aliphatic rings. The third kappa shape index (κ3) is 3.70. The Morgan fingerprint density at radius 1 is 1.33 bits per heavy atom. The molecule has 0 fully saturated rings. The fourth-order valence-corrected chi connectivity index (χ4v) is 3.44. The number of nitrogens with zero attached hydrogens (tertiary/aromatic N) is 2. The number of ether oxygens (including phenoxy) is 1. The van der Waals surface area contributed by atoms with Gasteiger partial charge in [-0.1, -0.05) is 23.2 Å². The molecule has 1 N–H and O–H groups in total. The van der Waals surface area contributed by atoms with Gasteiger partial charge in [-0.25, -0.2) is 13.4 Å². The maximum atomic E-state index is 12.4. The molecule has 112 valence electrons. The molecule has 0 radical (unpaired) electrons. The molecule has 0 amide bonds. The predicted octanol–water partition coefficient (Wildman–Crippen LogP) is 2.88. The Hall–Kier alpha value is -1.22. The number of halogens is 2. The molecule has 0 aliphatic carbocycles. The number of hydrogen-bond acceptors (Lipinski definition) is 6. The molecule has 6 nitrogen and oxygen atoms in total. The summed E-state index contributed by atoms with van der Waals surface area (Å²) in [7, 11) is -2.63. The van der Waals surface area contributed by atoms with Crippen molar-refractivity contribution in [1.29, 1.82) is 0 Å². The van der Waals surface area contributed by atoms with Gasteiger partial charge in [0.1, 0.15) is 4.90 Å². The summed E-state index contributed by atoms with van der Waals surface area (Å²) in [5.74, 6) is -0.136. The topological polar surface area (TPSA) is 81.2 Å². The number of sulfonamides is 1. The number of nitrogens with one attached hydrogen (secondary N) is 1. The highest BCUT2D eigenvalue weighted by molar-refractivity contribution is 7.93. The number of hydrogen-bond donors (Lipinski definition) is 2. The van der Waals surface area contributed by atoms with Crippen LogP contribution < -0.4 is 9.46 Å². The molecule has 2 aromatic rings. The zero-order chi connectivity index (χ0) is 15.6. The zero-order valence-corrected chi connectivity index (χ0v) is 13.8. The van der Waals surface area contributed by atoms with Crippen LogP contribution in [0, 0.1) is 0 Å². The van der Waals surface area contributed by atoms with Gasteiger partial charge in [-0.15, -0.1) is 12.6 Å². The first kappa shape index (κ1) is 16.2. The first-order chi connectivity index (χ1) is 9.83. The molecular weight excluding hydrogens is 357 g/mol. The molecule has 1 aromatic carbocycles. The quantitative estimate of drug-likeness (QED) is 0.814. The van der Waals surface area contributed by atoms with Crippen molar-refractivity contribution in [1.82, 2.24) is 9.97 Å². The van der Waals surface area contributed by atoms with Gasteiger partial charge in [0.05, 0.1) is 13.3 Å². The number of benzene rings is 1. The molecule has 0 saturated carbocycles. The summed E-state index contributed by atoms with van der Waals surface area (Å²) in [6.45, 7) is 0. The lowest BCUT2D eigenvalue weighted by Gasteiger charge is -2.11. The van der Waals surface area contributed by atoms with Gasteiger partial charge in [-0.2, -0.15) is 4.98 Å². The first-order valence-electron chi connectivity index (χ1n) is 5.41. The van der Waals surface area contributed by atoms with Crippen molar-refractivity contribution in [3.8, 4) is 5.88 Å². The van der Waals surface area contributed by atoms with Crippen LogP contribution in [-0.4, -0.2) is 25.5 Å². The number of rotatable bonds is 4. The summed E-state index contributed by atoms with van der Waals surface area (Å²) < 4.78 is 31.9. The molecule has 21 heavy (non-hydrogen) atoms. The number of thiol groups is 1. The second-order valence-corrected chi connectivity index (χ2v) is 6.72. The van der Waals surface area contributed by atoms with Crippen molar-refractivity contribution in [3.63, 3.8) is 0 Å². The minimum absolute atomic E-state index is 0.0474. The van der Waals surface area contributed by atoms with E-state index in [2.05, 4.69) is 27.3 Å². The summed E-state index contributed by atoms with van der Waals surface area (Å²) in [4.78, 5) is 7.82. The van der Waals surface area contributed by atoms with Crippen LogP contribution in [0.25, 0.3) is 0 Å². The van der Waals surface area contributed by atoms with E-state index in [9.17, 15) is 8.42 Å². The van der Waals surface area contributed by atoms with Crippen LogP contribution >= 0.6 is 35.8 Å². The van der Waals surface area contributed by atoms with Crippen molar-refractivity contribution in [2.24, 2.45) is 0 Å². The van der Waals surface area contributed by atoms with E-state index in [0.717, 1.165) is 0 Å². The van der Waals surface area contributed by atoms with Crippen molar-refractivity contribution >= 4 is 51.7 Å². The number of anilines is 1. The maximum absolute atomic E-state index is 12.4. The monoisotopic (exact) mass is 365 g/mol. The Balaban J connectivity index is 2.45. The molecule has 0 spiro atoms. The van der Waals surface area contributed by atoms with Crippen molar-refractivity contribution in [3.05, 3.63) is 34.6 Å². The fourth-order valence-electron chi connectivity index (χ4n) is 1.45. The lowest BCUT2D eigenvalue weighted by atomic mass is 10.4. The minimum Gasteiger partial charge on any atom is -0.478 e. The van der Waals surface area contributed by atoms with E-state index in [1.54, 1.807) is 0 Å². The standard InChI is InChI=1S/C11H9Cl2N3O3S2/c1-19-11-10(14-5-9(13)15-11)16-21(17,18)8-4-6(12)2-3-7(8)20/h2-5,20H,1H3,(H,14,16). The first-order valence-corrected chi connectivity index (χ1v) is 8.10. The molecule has 10 heteroatoms. The van der Waals surface area contributed by atoms with E-state index < -0.39 is 10.0 Å². The van der Waals surface area contributed by atoms with Crippen molar-refractivity contribution < 1.29 is 13.2 Å². The third-order valence-electron chi connectivity index (χ3n) is 2.35. The van der Waals surface area contributed by atoms with E-state index in [0.29, 0.717) is 0 Å². The molecule has 0 aliphatic heterocycles. The van der Waals surface area contributed by atoms with Crippen molar-refractivity contribution in [2.45, 2.75) is 9.79 Å². The van der Waals surface area contributed by atoms with Gasteiger partial charge >= 0.3 is 0 Å². The summed E-state index contributed by atoms with van der Waals surface area (Å²) in [6.07, 6.45) is 1.20. The molecule has 0 saturated heterocycles. The average molecular weight is 366 g/mol. The molecule has 2 rings (SSSR count). The second-order valence-electron chi connectivity index (χ2n) is 3.77. The lowest BCUT2D eigenvalue weighted by molar-refractivity contribution is 0.398. The largest absolute Gasteiger partial charge is 0.478 e. The Morgan fingerprint density at radius 2 is 2.05 bits per heavy atom. The van der Waals surface area contributed by atoms with Gasteiger partial charge in [0.2, 0.25) is 5.82 Å². The molecular formula is C11H9Cl2N3O3S2. The van der Waals surface area contributed by atoms with Crippen LogP contribution in [0.4, 0.5) is 5.82 Å². The van der Waals surface area contributed by atoms with Gasteiger partial charge in [0.25, 0.3) is 15.9 Å². The molecule has 0 atom stereocenters. The Labute approximate surface area is 136 Å². The highest BCUT2D eigenvalue weighted by atomic mass is 35.5. The van der Waals surface area contributed by atoms with E-state index in [4.69, 9.17) is 27.9 Å². The molecule has 0 bridgehead atoms. The smallest absolute Gasteiger partial charge is 0.264 e.